The minimum absolute atomic E-state index is 0.128. The van der Waals surface area contributed by atoms with Crippen molar-refractivity contribution in [3.63, 3.8) is 0 Å². The number of hydrogen-bond acceptors (Lipinski definition) is 4. The lowest BCUT2D eigenvalue weighted by Gasteiger charge is -2.21. The Kier molecular flexibility index (Phi) is 5.15. The number of carbonyl (C=O) groups excluding carboxylic acids is 1. The van der Waals surface area contributed by atoms with E-state index < -0.39 is 12.0 Å². The maximum absolute atomic E-state index is 11.9. The Hall–Kier alpha value is -1.14. The van der Waals surface area contributed by atoms with Crippen LogP contribution in [0.5, 0.6) is 0 Å². The van der Waals surface area contributed by atoms with Crippen molar-refractivity contribution in [1.82, 2.24) is 4.90 Å². The molecule has 2 atom stereocenters. The highest BCUT2D eigenvalue weighted by Gasteiger charge is 2.33. The van der Waals surface area contributed by atoms with Crippen molar-refractivity contribution in [2.75, 3.05) is 26.4 Å². The SMILES string of the molecule is O=C(O)[C@H]1CCCN1C(=O)CCOCC1CCCO1. The first-order chi connectivity index (χ1) is 9.18. The first kappa shape index (κ1) is 14.3. The van der Waals surface area contributed by atoms with Gasteiger partial charge in [-0.2, -0.15) is 0 Å². The van der Waals surface area contributed by atoms with Crippen LogP contribution in [-0.2, 0) is 19.1 Å². The van der Waals surface area contributed by atoms with Crippen molar-refractivity contribution < 1.29 is 24.2 Å². The number of carbonyl (C=O) groups is 2. The summed E-state index contributed by atoms with van der Waals surface area (Å²) in [5.74, 6) is -1.04. The predicted molar refractivity (Wildman–Crippen MR) is 66.8 cm³/mol. The molecule has 0 aromatic heterocycles. The van der Waals surface area contributed by atoms with E-state index in [1.807, 2.05) is 0 Å². The highest BCUT2D eigenvalue weighted by molar-refractivity contribution is 5.84. The second-order valence-electron chi connectivity index (χ2n) is 5.04. The van der Waals surface area contributed by atoms with Crippen LogP contribution in [0.15, 0.2) is 0 Å². The Balaban J connectivity index is 1.64. The zero-order chi connectivity index (χ0) is 13.7. The second-order valence-corrected chi connectivity index (χ2v) is 5.04. The van der Waals surface area contributed by atoms with Gasteiger partial charge in [-0.3, -0.25) is 4.79 Å². The summed E-state index contributed by atoms with van der Waals surface area (Å²) in [6.07, 6.45) is 3.81. The number of likely N-dealkylation sites (tertiary alicyclic amines) is 1. The Morgan fingerprint density at radius 3 is 2.84 bits per heavy atom. The molecule has 0 radical (unpaired) electrons. The van der Waals surface area contributed by atoms with Gasteiger partial charge in [-0.25, -0.2) is 4.79 Å². The van der Waals surface area contributed by atoms with Crippen molar-refractivity contribution in [2.45, 2.75) is 44.2 Å². The molecule has 0 bridgehead atoms. The molecule has 2 aliphatic heterocycles. The van der Waals surface area contributed by atoms with Crippen LogP contribution in [0.4, 0.5) is 0 Å². The van der Waals surface area contributed by atoms with Gasteiger partial charge < -0.3 is 19.5 Å². The molecule has 0 saturated carbocycles. The van der Waals surface area contributed by atoms with Gasteiger partial charge in [0.15, 0.2) is 0 Å². The number of hydrogen-bond donors (Lipinski definition) is 1. The fourth-order valence-corrected chi connectivity index (χ4v) is 2.62. The summed E-state index contributed by atoms with van der Waals surface area (Å²) in [5.41, 5.74) is 0. The summed E-state index contributed by atoms with van der Waals surface area (Å²) in [6.45, 7) is 2.19. The Labute approximate surface area is 112 Å². The largest absolute Gasteiger partial charge is 0.480 e. The minimum atomic E-state index is -0.911. The van der Waals surface area contributed by atoms with Crippen molar-refractivity contribution in [3.8, 4) is 0 Å². The van der Waals surface area contributed by atoms with E-state index in [-0.39, 0.29) is 18.4 Å². The Morgan fingerprint density at radius 2 is 2.16 bits per heavy atom. The van der Waals surface area contributed by atoms with Gasteiger partial charge in [0.1, 0.15) is 6.04 Å². The van der Waals surface area contributed by atoms with Crippen molar-refractivity contribution in [3.05, 3.63) is 0 Å². The number of rotatable bonds is 6. The lowest BCUT2D eigenvalue weighted by Crippen LogP contribution is -2.40. The van der Waals surface area contributed by atoms with Crippen molar-refractivity contribution in [1.29, 1.82) is 0 Å². The zero-order valence-corrected chi connectivity index (χ0v) is 11.0. The number of aliphatic carboxylic acids is 1. The fraction of sp³-hybridized carbons (Fsp3) is 0.846. The summed E-state index contributed by atoms with van der Waals surface area (Å²) in [7, 11) is 0. The molecule has 1 amide bonds. The van der Waals surface area contributed by atoms with E-state index in [9.17, 15) is 9.59 Å². The summed E-state index contributed by atoms with van der Waals surface area (Å²) in [6, 6.07) is -0.648. The smallest absolute Gasteiger partial charge is 0.326 e. The van der Waals surface area contributed by atoms with E-state index in [1.54, 1.807) is 0 Å². The number of amides is 1. The third kappa shape index (κ3) is 3.91. The highest BCUT2D eigenvalue weighted by atomic mass is 16.5. The van der Waals surface area contributed by atoms with E-state index >= 15 is 0 Å². The molecule has 2 saturated heterocycles. The maximum atomic E-state index is 11.9. The fourth-order valence-electron chi connectivity index (χ4n) is 2.62. The molecule has 2 rings (SSSR count). The first-order valence-electron chi connectivity index (χ1n) is 6.90. The Morgan fingerprint density at radius 1 is 1.32 bits per heavy atom. The van der Waals surface area contributed by atoms with Gasteiger partial charge in [-0.1, -0.05) is 0 Å². The molecule has 19 heavy (non-hydrogen) atoms. The third-order valence-corrected chi connectivity index (χ3v) is 3.65. The molecule has 6 heteroatoms. The van der Waals surface area contributed by atoms with E-state index in [2.05, 4.69) is 0 Å². The quantitative estimate of drug-likeness (QED) is 0.718. The van der Waals surface area contributed by atoms with Gasteiger partial charge in [0.25, 0.3) is 0 Å². The number of ether oxygens (including phenoxy) is 2. The van der Waals surface area contributed by atoms with E-state index in [0.29, 0.717) is 26.2 Å². The molecule has 0 aliphatic carbocycles. The molecule has 2 aliphatic rings. The normalized spacial score (nSPS) is 26.8. The Bertz CT molecular complexity index is 327. The maximum Gasteiger partial charge on any atom is 0.326 e. The summed E-state index contributed by atoms with van der Waals surface area (Å²) < 4.78 is 10.8. The van der Waals surface area contributed by atoms with E-state index in [0.717, 1.165) is 25.9 Å². The summed E-state index contributed by atoms with van der Waals surface area (Å²) in [4.78, 5) is 24.3. The van der Waals surface area contributed by atoms with Gasteiger partial charge in [0, 0.05) is 13.2 Å². The van der Waals surface area contributed by atoms with Crippen molar-refractivity contribution >= 4 is 11.9 Å². The van der Waals surface area contributed by atoms with Gasteiger partial charge >= 0.3 is 5.97 Å². The number of nitrogens with zero attached hydrogens (tertiary/aromatic N) is 1. The van der Waals surface area contributed by atoms with Crippen molar-refractivity contribution in [2.24, 2.45) is 0 Å². The number of carboxylic acids is 1. The zero-order valence-electron chi connectivity index (χ0n) is 11.0. The number of carboxylic acid groups (broad SMARTS) is 1. The van der Waals surface area contributed by atoms with Crippen LogP contribution >= 0.6 is 0 Å². The lowest BCUT2D eigenvalue weighted by molar-refractivity contribution is -0.148. The molecule has 2 fully saturated rings. The topological polar surface area (TPSA) is 76.1 Å². The van der Waals surface area contributed by atoms with Gasteiger partial charge in [0.2, 0.25) is 5.91 Å². The average molecular weight is 271 g/mol. The monoisotopic (exact) mass is 271 g/mol. The third-order valence-electron chi connectivity index (χ3n) is 3.65. The van der Waals surface area contributed by atoms with Crippen LogP contribution in [0.25, 0.3) is 0 Å². The molecule has 1 N–H and O–H groups in total. The standard InChI is InChI=1S/C13H21NO5/c15-12(14-6-1-4-11(14)13(16)17)5-8-18-9-10-3-2-7-19-10/h10-11H,1-9H2,(H,16,17)/t10?,11-/m1/s1. The molecular weight excluding hydrogens is 250 g/mol. The van der Waals surface area contributed by atoms with Crippen LogP contribution in [0.3, 0.4) is 0 Å². The molecule has 0 aromatic carbocycles. The lowest BCUT2D eigenvalue weighted by atomic mass is 10.2. The highest BCUT2D eigenvalue weighted by Crippen LogP contribution is 2.18. The van der Waals surface area contributed by atoms with Gasteiger partial charge in [-0.05, 0) is 25.7 Å². The summed E-state index contributed by atoms with van der Waals surface area (Å²) >= 11 is 0. The molecular formula is C13H21NO5. The molecule has 0 aromatic rings. The van der Waals surface area contributed by atoms with E-state index in [1.165, 1.54) is 4.90 Å². The molecule has 0 spiro atoms. The van der Waals surface area contributed by atoms with E-state index in [4.69, 9.17) is 14.6 Å². The molecule has 2 heterocycles. The molecule has 1 unspecified atom stereocenters. The molecule has 108 valence electrons. The van der Waals surface area contributed by atoms with Crippen LogP contribution in [0.1, 0.15) is 32.1 Å². The second kappa shape index (κ2) is 6.86. The molecule has 6 nitrogen and oxygen atoms in total. The van der Waals surface area contributed by atoms with Gasteiger partial charge in [0.05, 0.1) is 25.7 Å². The van der Waals surface area contributed by atoms with Crippen LogP contribution < -0.4 is 0 Å². The summed E-state index contributed by atoms with van der Waals surface area (Å²) in [5, 5.41) is 9.01. The first-order valence-corrected chi connectivity index (χ1v) is 6.90. The van der Waals surface area contributed by atoms with Crippen LogP contribution in [0.2, 0.25) is 0 Å². The van der Waals surface area contributed by atoms with Crippen LogP contribution in [0, 0.1) is 0 Å². The van der Waals surface area contributed by atoms with Crippen LogP contribution in [-0.4, -0.2) is 60.4 Å². The average Bonchev–Trinajstić information content (AvgIpc) is 3.04. The predicted octanol–water partition coefficient (Wildman–Crippen LogP) is 0.648. The van der Waals surface area contributed by atoms with Gasteiger partial charge in [-0.15, -0.1) is 0 Å². The minimum Gasteiger partial charge on any atom is -0.480 e.